The first-order valence-electron chi connectivity index (χ1n) is 11.2. The second-order valence-electron chi connectivity index (χ2n) is 9.06. The lowest BCUT2D eigenvalue weighted by Gasteiger charge is -2.38. The van der Waals surface area contributed by atoms with Gasteiger partial charge in [-0.1, -0.05) is 18.6 Å². The van der Waals surface area contributed by atoms with Gasteiger partial charge in [0.25, 0.3) is 0 Å². The summed E-state index contributed by atoms with van der Waals surface area (Å²) in [5.41, 5.74) is 1.63. The van der Waals surface area contributed by atoms with Crippen LogP contribution in [0.4, 0.5) is 0 Å². The summed E-state index contributed by atoms with van der Waals surface area (Å²) in [4.78, 5) is 8.53. The van der Waals surface area contributed by atoms with E-state index < -0.39 is 24.4 Å². The van der Waals surface area contributed by atoms with Gasteiger partial charge < -0.3 is 29.2 Å². The number of aliphatic hydroxyl groups is 3. The van der Waals surface area contributed by atoms with Gasteiger partial charge in [0.05, 0.1) is 43.3 Å². The number of rotatable bonds is 8. The van der Waals surface area contributed by atoms with Crippen molar-refractivity contribution in [3.8, 4) is 11.5 Å². The summed E-state index contributed by atoms with van der Waals surface area (Å²) in [6.07, 6.45) is 3.37. The van der Waals surface area contributed by atoms with Crippen molar-refractivity contribution in [2.75, 3.05) is 6.61 Å². The highest BCUT2D eigenvalue weighted by Crippen LogP contribution is 2.38. The number of epoxide rings is 1. The average Bonchev–Trinajstić information content (AvgIpc) is 3.39. The van der Waals surface area contributed by atoms with E-state index in [0.717, 1.165) is 5.57 Å². The van der Waals surface area contributed by atoms with Crippen LogP contribution in [0.2, 0.25) is 0 Å². The molecule has 4 heterocycles. The molecule has 1 unspecified atom stereocenters. The largest absolute Gasteiger partial charge is 0.435 e. The molecule has 2 saturated heterocycles. The number of nitrogens with zero attached hydrogens (tertiary/aromatic N) is 2. The molecule has 2 aliphatic rings. The molecule has 0 radical (unpaired) electrons. The van der Waals surface area contributed by atoms with E-state index in [0.29, 0.717) is 36.8 Å². The maximum atomic E-state index is 10.7. The topological polar surface area (TPSA) is 121 Å². The van der Waals surface area contributed by atoms with E-state index in [4.69, 9.17) is 13.9 Å². The summed E-state index contributed by atoms with van der Waals surface area (Å²) in [5.74, 6) is 0.883. The number of pyridine rings is 1. The summed E-state index contributed by atoms with van der Waals surface area (Å²) in [6, 6.07) is 5.57. The van der Waals surface area contributed by atoms with Gasteiger partial charge in [-0.2, -0.15) is 0 Å². The summed E-state index contributed by atoms with van der Waals surface area (Å²) < 4.78 is 17.3. The van der Waals surface area contributed by atoms with E-state index in [2.05, 4.69) is 9.97 Å². The molecule has 2 aromatic rings. The Morgan fingerprint density at radius 1 is 1.19 bits per heavy atom. The predicted octanol–water partition coefficient (Wildman–Crippen LogP) is 2.44. The first-order valence-corrected chi connectivity index (χ1v) is 11.2. The Balaban J connectivity index is 1.30. The summed E-state index contributed by atoms with van der Waals surface area (Å²) in [5, 5.41) is 31.0. The van der Waals surface area contributed by atoms with E-state index >= 15 is 0 Å². The average molecular weight is 445 g/mol. The molecule has 8 atom stereocenters. The van der Waals surface area contributed by atoms with Crippen molar-refractivity contribution >= 4 is 6.08 Å². The van der Waals surface area contributed by atoms with Crippen LogP contribution in [0.1, 0.15) is 39.5 Å². The first kappa shape index (κ1) is 23.1. The fourth-order valence-electron chi connectivity index (χ4n) is 4.28. The van der Waals surface area contributed by atoms with Gasteiger partial charge in [0, 0.05) is 18.0 Å². The maximum Gasteiger partial charge on any atom is 0.219 e. The van der Waals surface area contributed by atoms with Crippen molar-refractivity contribution in [3.63, 3.8) is 0 Å². The van der Waals surface area contributed by atoms with Gasteiger partial charge in [-0.25, -0.2) is 4.98 Å². The second kappa shape index (κ2) is 9.80. The van der Waals surface area contributed by atoms with E-state index in [1.165, 1.54) is 0 Å². The lowest BCUT2D eigenvalue weighted by atomic mass is 9.85. The van der Waals surface area contributed by atoms with Crippen LogP contribution in [-0.2, 0) is 9.47 Å². The van der Waals surface area contributed by atoms with Crippen LogP contribution in [0, 0.1) is 11.8 Å². The number of oxazole rings is 1. The number of hydrogen-bond donors (Lipinski definition) is 3. The van der Waals surface area contributed by atoms with Gasteiger partial charge in [0.15, 0.2) is 5.76 Å². The zero-order chi connectivity index (χ0) is 22.8. The van der Waals surface area contributed by atoms with Crippen LogP contribution in [0.5, 0.6) is 0 Å². The Morgan fingerprint density at radius 2 is 2.00 bits per heavy atom. The fraction of sp³-hybridized carbons (Fsp3) is 0.583. The van der Waals surface area contributed by atoms with Crippen molar-refractivity contribution in [3.05, 3.63) is 42.1 Å². The Kier molecular flexibility index (Phi) is 7.07. The smallest absolute Gasteiger partial charge is 0.219 e. The number of aromatic nitrogens is 2. The van der Waals surface area contributed by atoms with Crippen LogP contribution in [0.15, 0.2) is 40.6 Å². The maximum absolute atomic E-state index is 10.7. The standard InChI is InChI=1S/C24H32N2O6/c1-13(9-21-26-11-20(31-21)17-6-4-5-7-25-17)8-18-23(29)22(28)16(12-30-18)10-19-24(32-19)14(2)15(3)27/h4-7,9,11,14-16,18-19,22-24,27-29H,8,10,12H2,1-3H3/b13-9-/t14?,15-,16-,18-,19-,22+,23-,24-/m0/s1. The number of hydrogen-bond acceptors (Lipinski definition) is 8. The Bertz CT molecular complexity index is 914. The minimum Gasteiger partial charge on any atom is -0.435 e. The van der Waals surface area contributed by atoms with E-state index in [9.17, 15) is 15.3 Å². The van der Waals surface area contributed by atoms with Crippen LogP contribution in [0.3, 0.4) is 0 Å². The van der Waals surface area contributed by atoms with E-state index in [1.54, 1.807) is 25.4 Å². The molecule has 0 aromatic carbocycles. The molecule has 32 heavy (non-hydrogen) atoms. The highest BCUT2D eigenvalue weighted by Gasteiger charge is 2.48. The van der Waals surface area contributed by atoms with E-state index in [1.807, 2.05) is 32.0 Å². The van der Waals surface area contributed by atoms with Gasteiger partial charge in [0.2, 0.25) is 5.89 Å². The molecule has 0 amide bonds. The Hall–Kier alpha value is -2.10. The Morgan fingerprint density at radius 3 is 2.72 bits per heavy atom. The fourth-order valence-corrected chi connectivity index (χ4v) is 4.28. The molecule has 3 N–H and O–H groups in total. The van der Waals surface area contributed by atoms with Crippen molar-refractivity contribution in [2.24, 2.45) is 11.8 Å². The molecule has 2 fully saturated rings. The highest BCUT2D eigenvalue weighted by molar-refractivity contribution is 5.53. The van der Waals surface area contributed by atoms with Gasteiger partial charge in [-0.15, -0.1) is 0 Å². The lowest BCUT2D eigenvalue weighted by Crippen LogP contribution is -2.50. The Labute approximate surface area is 187 Å². The third-order valence-electron chi connectivity index (χ3n) is 6.51. The van der Waals surface area contributed by atoms with E-state index in [-0.39, 0.29) is 24.0 Å². The summed E-state index contributed by atoms with van der Waals surface area (Å²) >= 11 is 0. The van der Waals surface area contributed by atoms with Crippen molar-refractivity contribution < 1.29 is 29.2 Å². The molecule has 0 bridgehead atoms. The van der Waals surface area contributed by atoms with Crippen LogP contribution >= 0.6 is 0 Å². The van der Waals surface area contributed by atoms with Gasteiger partial charge in [0.1, 0.15) is 11.8 Å². The highest BCUT2D eigenvalue weighted by atomic mass is 16.6. The van der Waals surface area contributed by atoms with Crippen molar-refractivity contribution in [1.82, 2.24) is 9.97 Å². The summed E-state index contributed by atoms with van der Waals surface area (Å²) in [7, 11) is 0. The lowest BCUT2D eigenvalue weighted by molar-refractivity contribution is -0.165. The van der Waals surface area contributed by atoms with Crippen LogP contribution < -0.4 is 0 Å². The third-order valence-corrected chi connectivity index (χ3v) is 6.51. The molecule has 0 spiro atoms. The van der Waals surface area contributed by atoms with Gasteiger partial charge in [-0.3, -0.25) is 4.98 Å². The molecular weight excluding hydrogens is 412 g/mol. The third kappa shape index (κ3) is 5.27. The molecule has 2 aromatic heterocycles. The predicted molar refractivity (Wildman–Crippen MR) is 117 cm³/mol. The zero-order valence-corrected chi connectivity index (χ0v) is 18.7. The minimum atomic E-state index is -0.989. The molecule has 174 valence electrons. The van der Waals surface area contributed by atoms with Crippen molar-refractivity contribution in [1.29, 1.82) is 0 Å². The first-order chi connectivity index (χ1) is 15.3. The molecule has 8 nitrogen and oxygen atoms in total. The van der Waals surface area contributed by atoms with Crippen LogP contribution in [-0.4, -0.2) is 68.5 Å². The van der Waals surface area contributed by atoms with Gasteiger partial charge >= 0.3 is 0 Å². The number of aliphatic hydroxyl groups excluding tert-OH is 3. The zero-order valence-electron chi connectivity index (χ0n) is 18.7. The monoisotopic (exact) mass is 444 g/mol. The SMILES string of the molecule is C/C(=C/c1ncc(-c2ccccn2)o1)C[C@@H]1OC[C@H](C[C@@H]2O[C@H]2C(C)[C@H](C)O)[C@@H](O)[C@H]1O. The quantitative estimate of drug-likeness (QED) is 0.531. The molecule has 8 heteroatoms. The van der Waals surface area contributed by atoms with Gasteiger partial charge in [-0.05, 0) is 44.9 Å². The molecule has 2 aliphatic heterocycles. The summed E-state index contributed by atoms with van der Waals surface area (Å²) in [6.45, 7) is 5.98. The minimum absolute atomic E-state index is 0.000910. The molecule has 0 saturated carbocycles. The number of ether oxygens (including phenoxy) is 2. The second-order valence-corrected chi connectivity index (χ2v) is 9.06. The normalized spacial score (nSPS) is 32.5. The van der Waals surface area contributed by atoms with Crippen molar-refractivity contribution in [2.45, 2.75) is 70.2 Å². The molecular formula is C24H32N2O6. The molecule has 0 aliphatic carbocycles. The molecule has 4 rings (SSSR count). The van der Waals surface area contributed by atoms with Crippen LogP contribution in [0.25, 0.3) is 17.5 Å².